The van der Waals surface area contributed by atoms with E-state index in [1.165, 1.54) is 5.54 Å². The summed E-state index contributed by atoms with van der Waals surface area (Å²) < 4.78 is 10.7. The van der Waals surface area contributed by atoms with Crippen molar-refractivity contribution in [3.8, 4) is 11.5 Å². The lowest BCUT2D eigenvalue weighted by atomic mass is 10.1. The van der Waals surface area contributed by atoms with Crippen LogP contribution in [0.3, 0.4) is 0 Å². The Morgan fingerprint density at radius 3 is 2.80 bits per heavy atom. The maximum Gasteiger partial charge on any atom is 0.161 e. The SMILES string of the molecule is COc1cc(C(C)NC/C(Cl)=C/Cl)ccc1OCCO. The zero-order valence-corrected chi connectivity index (χ0v) is 13.0. The first-order valence-electron chi connectivity index (χ1n) is 6.22. The van der Waals surface area contributed by atoms with Crippen LogP contribution in [0.25, 0.3) is 0 Å². The third-order valence-corrected chi connectivity index (χ3v) is 3.35. The van der Waals surface area contributed by atoms with Gasteiger partial charge in [-0.1, -0.05) is 29.3 Å². The average molecular weight is 320 g/mol. The van der Waals surface area contributed by atoms with Crippen molar-refractivity contribution in [3.63, 3.8) is 0 Å². The second kappa shape index (κ2) is 9.08. The highest BCUT2D eigenvalue weighted by atomic mass is 35.5. The molecule has 0 fully saturated rings. The van der Waals surface area contributed by atoms with Gasteiger partial charge < -0.3 is 19.9 Å². The lowest BCUT2D eigenvalue weighted by molar-refractivity contribution is 0.196. The summed E-state index contributed by atoms with van der Waals surface area (Å²) in [5.74, 6) is 1.24. The van der Waals surface area contributed by atoms with Crippen LogP contribution in [0.4, 0.5) is 0 Å². The predicted octanol–water partition coefficient (Wildman–Crippen LogP) is 3.04. The number of aliphatic hydroxyl groups is 1. The van der Waals surface area contributed by atoms with Gasteiger partial charge in [-0.3, -0.25) is 0 Å². The molecule has 0 aliphatic rings. The molecule has 2 N–H and O–H groups in total. The molecule has 4 nitrogen and oxygen atoms in total. The first-order valence-corrected chi connectivity index (χ1v) is 7.03. The van der Waals surface area contributed by atoms with E-state index in [0.29, 0.717) is 23.1 Å². The van der Waals surface area contributed by atoms with E-state index >= 15 is 0 Å². The second-order valence-electron chi connectivity index (χ2n) is 4.14. The van der Waals surface area contributed by atoms with Gasteiger partial charge >= 0.3 is 0 Å². The average Bonchev–Trinajstić information content (AvgIpc) is 2.49. The molecule has 0 aliphatic carbocycles. The Balaban J connectivity index is 2.75. The number of hydrogen-bond acceptors (Lipinski definition) is 4. The first kappa shape index (κ1) is 17.1. The third-order valence-electron chi connectivity index (χ3n) is 2.73. The van der Waals surface area contributed by atoms with Crippen LogP contribution in [0.2, 0.25) is 0 Å². The van der Waals surface area contributed by atoms with Crippen molar-refractivity contribution in [1.82, 2.24) is 5.32 Å². The van der Waals surface area contributed by atoms with E-state index in [4.69, 9.17) is 37.8 Å². The minimum atomic E-state index is -0.0356. The van der Waals surface area contributed by atoms with Crippen molar-refractivity contribution < 1.29 is 14.6 Å². The maximum absolute atomic E-state index is 8.77. The molecule has 0 heterocycles. The summed E-state index contributed by atoms with van der Waals surface area (Å²) in [4.78, 5) is 0. The van der Waals surface area contributed by atoms with Crippen molar-refractivity contribution in [1.29, 1.82) is 0 Å². The first-order chi connectivity index (χ1) is 9.62. The highest BCUT2D eigenvalue weighted by Crippen LogP contribution is 2.30. The van der Waals surface area contributed by atoms with Gasteiger partial charge in [0.05, 0.1) is 13.7 Å². The van der Waals surface area contributed by atoms with Gasteiger partial charge in [0.2, 0.25) is 0 Å². The fraction of sp³-hybridized carbons (Fsp3) is 0.429. The maximum atomic E-state index is 8.77. The van der Waals surface area contributed by atoms with Crippen LogP contribution in [0.15, 0.2) is 28.8 Å². The van der Waals surface area contributed by atoms with Crippen molar-refractivity contribution in [2.75, 3.05) is 26.9 Å². The van der Waals surface area contributed by atoms with Gasteiger partial charge in [0.25, 0.3) is 0 Å². The second-order valence-corrected chi connectivity index (χ2v) is 4.84. The summed E-state index contributed by atoms with van der Waals surface area (Å²) in [6, 6.07) is 5.73. The molecule has 0 amide bonds. The van der Waals surface area contributed by atoms with E-state index in [2.05, 4.69) is 5.32 Å². The Morgan fingerprint density at radius 2 is 2.20 bits per heavy atom. The topological polar surface area (TPSA) is 50.7 Å². The third kappa shape index (κ3) is 5.21. The summed E-state index contributed by atoms with van der Waals surface area (Å²) in [6.07, 6.45) is 0. The highest BCUT2D eigenvalue weighted by molar-refractivity contribution is 6.36. The molecule has 0 saturated carbocycles. The van der Waals surface area contributed by atoms with E-state index in [1.54, 1.807) is 7.11 Å². The number of halogens is 2. The fourth-order valence-corrected chi connectivity index (χ4v) is 1.79. The number of benzene rings is 1. The Hall–Kier alpha value is -0.940. The number of nitrogens with one attached hydrogen (secondary N) is 1. The fourth-order valence-electron chi connectivity index (χ4n) is 1.64. The lowest BCUT2D eigenvalue weighted by Crippen LogP contribution is -2.20. The van der Waals surface area contributed by atoms with Crippen molar-refractivity contribution in [3.05, 3.63) is 34.3 Å². The van der Waals surface area contributed by atoms with Crippen molar-refractivity contribution in [2.24, 2.45) is 0 Å². The lowest BCUT2D eigenvalue weighted by Gasteiger charge is -2.16. The zero-order chi connectivity index (χ0) is 15.0. The van der Waals surface area contributed by atoms with Gasteiger partial charge in [-0.15, -0.1) is 0 Å². The van der Waals surface area contributed by atoms with Gasteiger partial charge in [0, 0.05) is 23.2 Å². The molecular weight excluding hydrogens is 301 g/mol. The molecule has 0 saturated heterocycles. The van der Waals surface area contributed by atoms with Gasteiger partial charge in [0.15, 0.2) is 11.5 Å². The molecular formula is C14H19Cl2NO3. The van der Waals surface area contributed by atoms with Crippen LogP contribution in [-0.4, -0.2) is 32.0 Å². The van der Waals surface area contributed by atoms with Gasteiger partial charge in [-0.2, -0.15) is 0 Å². The van der Waals surface area contributed by atoms with Gasteiger partial charge in [0.1, 0.15) is 6.61 Å². The smallest absolute Gasteiger partial charge is 0.161 e. The van der Waals surface area contributed by atoms with Crippen LogP contribution < -0.4 is 14.8 Å². The predicted molar refractivity (Wildman–Crippen MR) is 81.8 cm³/mol. The largest absolute Gasteiger partial charge is 0.493 e. The molecule has 1 unspecified atom stereocenters. The molecule has 0 radical (unpaired) electrons. The van der Waals surface area contributed by atoms with Gasteiger partial charge in [-0.05, 0) is 24.6 Å². The molecule has 1 aromatic carbocycles. The molecule has 0 aliphatic heterocycles. The van der Waals surface area contributed by atoms with E-state index in [0.717, 1.165) is 5.56 Å². The summed E-state index contributed by atoms with van der Waals surface area (Å²) in [5.41, 5.74) is 2.38. The minimum Gasteiger partial charge on any atom is -0.493 e. The van der Waals surface area contributed by atoms with Crippen LogP contribution >= 0.6 is 23.2 Å². The highest BCUT2D eigenvalue weighted by Gasteiger charge is 2.10. The number of hydrogen-bond donors (Lipinski definition) is 2. The zero-order valence-electron chi connectivity index (χ0n) is 11.5. The van der Waals surface area contributed by atoms with E-state index in [1.807, 2.05) is 25.1 Å². The van der Waals surface area contributed by atoms with Crippen LogP contribution in [0, 0.1) is 0 Å². The molecule has 20 heavy (non-hydrogen) atoms. The Kier molecular flexibility index (Phi) is 7.77. The Bertz CT molecular complexity index is 452. The molecule has 1 aromatic rings. The van der Waals surface area contributed by atoms with E-state index in [-0.39, 0.29) is 19.3 Å². The van der Waals surface area contributed by atoms with E-state index < -0.39 is 0 Å². The van der Waals surface area contributed by atoms with Crippen LogP contribution in [0.1, 0.15) is 18.5 Å². The summed E-state index contributed by atoms with van der Waals surface area (Å²) in [5, 5.41) is 12.6. The standard InChI is InChI=1S/C14H19Cl2NO3/c1-10(17-9-12(16)8-15)11-3-4-13(20-6-5-18)14(7-11)19-2/h3-4,7-8,10,17-18H,5-6,9H2,1-2H3/b12-8-. The molecule has 0 aromatic heterocycles. The Morgan fingerprint density at radius 1 is 1.45 bits per heavy atom. The monoisotopic (exact) mass is 319 g/mol. The normalized spacial score (nSPS) is 13.2. The number of aliphatic hydroxyl groups excluding tert-OH is 1. The molecule has 6 heteroatoms. The molecule has 112 valence electrons. The van der Waals surface area contributed by atoms with Gasteiger partial charge in [-0.25, -0.2) is 0 Å². The molecule has 1 rings (SSSR count). The number of methoxy groups -OCH3 is 1. The summed E-state index contributed by atoms with van der Waals surface area (Å²) in [7, 11) is 1.58. The van der Waals surface area contributed by atoms with Crippen molar-refractivity contribution >= 4 is 23.2 Å². The van der Waals surface area contributed by atoms with Crippen molar-refractivity contribution in [2.45, 2.75) is 13.0 Å². The summed E-state index contributed by atoms with van der Waals surface area (Å²) >= 11 is 11.3. The Labute approximate surface area is 129 Å². The van der Waals surface area contributed by atoms with Crippen LogP contribution in [0.5, 0.6) is 11.5 Å². The molecule has 0 bridgehead atoms. The quantitative estimate of drug-likeness (QED) is 0.773. The molecule has 1 atom stereocenters. The molecule has 0 spiro atoms. The summed E-state index contributed by atoms with van der Waals surface area (Å²) in [6.45, 7) is 2.71. The van der Waals surface area contributed by atoms with Crippen LogP contribution in [-0.2, 0) is 0 Å². The van der Waals surface area contributed by atoms with E-state index in [9.17, 15) is 0 Å². The number of ether oxygens (including phenoxy) is 2. The number of rotatable bonds is 8. The minimum absolute atomic E-state index is 0.0356.